The number of nitrogens with zero attached hydrogens (tertiary/aromatic N) is 2. The summed E-state index contributed by atoms with van der Waals surface area (Å²) in [6, 6.07) is 4.02. The van der Waals surface area contributed by atoms with E-state index in [9.17, 15) is 0 Å². The summed E-state index contributed by atoms with van der Waals surface area (Å²) >= 11 is 0. The van der Waals surface area contributed by atoms with Gasteiger partial charge in [-0.15, -0.1) is 24.0 Å². The minimum absolute atomic E-state index is 0. The van der Waals surface area contributed by atoms with Gasteiger partial charge in [-0.05, 0) is 57.1 Å². The number of hydrogen-bond donors (Lipinski definition) is 2. The Hall–Kier alpha value is -1.09. The maximum absolute atomic E-state index is 5.96. The first kappa shape index (κ1) is 23.0. The van der Waals surface area contributed by atoms with Crippen LogP contribution in [0.1, 0.15) is 51.0 Å². The standard InChI is InChI=1S/C19H32N4O2.HI/c1-3-24-13-7-6-11-22-19(20-2)23-15-16-10-12-21-18(14-16)25-17-8-4-5-9-17;/h10,12,14,17H,3-9,11,13,15H2,1-2H3,(H2,20,22,23);1H. The molecule has 1 aliphatic rings. The maximum Gasteiger partial charge on any atom is 0.213 e. The Kier molecular flexibility index (Phi) is 12.4. The Morgan fingerprint density at radius 3 is 2.81 bits per heavy atom. The number of rotatable bonds is 10. The third-order valence-electron chi connectivity index (χ3n) is 4.28. The Labute approximate surface area is 174 Å². The molecule has 2 N–H and O–H groups in total. The fourth-order valence-electron chi connectivity index (χ4n) is 2.89. The average molecular weight is 476 g/mol. The van der Waals surface area contributed by atoms with Gasteiger partial charge in [0.25, 0.3) is 0 Å². The fourth-order valence-corrected chi connectivity index (χ4v) is 2.89. The van der Waals surface area contributed by atoms with Crippen LogP contribution < -0.4 is 15.4 Å². The van der Waals surface area contributed by atoms with E-state index in [0.29, 0.717) is 12.6 Å². The summed E-state index contributed by atoms with van der Waals surface area (Å²) in [6.07, 6.45) is 9.08. The van der Waals surface area contributed by atoms with Crippen LogP contribution in [0.5, 0.6) is 5.88 Å². The largest absolute Gasteiger partial charge is 0.474 e. The lowest BCUT2D eigenvalue weighted by molar-refractivity contribution is 0.143. The van der Waals surface area contributed by atoms with Gasteiger partial charge in [-0.1, -0.05) is 0 Å². The molecule has 7 heteroatoms. The Bertz CT molecular complexity index is 522. The molecule has 0 aliphatic heterocycles. The minimum atomic E-state index is 0. The molecule has 1 aromatic rings. The second-order valence-electron chi connectivity index (χ2n) is 6.28. The quantitative estimate of drug-likeness (QED) is 0.234. The van der Waals surface area contributed by atoms with Gasteiger partial charge >= 0.3 is 0 Å². The molecule has 1 aliphatic carbocycles. The van der Waals surface area contributed by atoms with Crippen molar-refractivity contribution >= 4 is 29.9 Å². The summed E-state index contributed by atoms with van der Waals surface area (Å²) in [6.45, 7) is 5.22. The molecule has 0 spiro atoms. The van der Waals surface area contributed by atoms with Crippen molar-refractivity contribution in [2.75, 3.05) is 26.8 Å². The zero-order valence-electron chi connectivity index (χ0n) is 16.0. The van der Waals surface area contributed by atoms with E-state index in [1.54, 1.807) is 7.05 Å². The summed E-state index contributed by atoms with van der Waals surface area (Å²) < 4.78 is 11.3. The van der Waals surface area contributed by atoms with E-state index in [1.807, 2.05) is 25.3 Å². The van der Waals surface area contributed by atoms with Crippen molar-refractivity contribution < 1.29 is 9.47 Å². The summed E-state index contributed by atoms with van der Waals surface area (Å²) in [5.74, 6) is 1.54. The highest BCUT2D eigenvalue weighted by molar-refractivity contribution is 14.0. The van der Waals surface area contributed by atoms with Gasteiger partial charge in [-0.2, -0.15) is 0 Å². The van der Waals surface area contributed by atoms with E-state index in [-0.39, 0.29) is 24.0 Å². The lowest BCUT2D eigenvalue weighted by atomic mass is 10.2. The summed E-state index contributed by atoms with van der Waals surface area (Å²) in [4.78, 5) is 8.59. The topological polar surface area (TPSA) is 67.8 Å². The Balaban J connectivity index is 0.00000338. The first-order valence-corrected chi connectivity index (χ1v) is 9.45. The zero-order chi connectivity index (χ0) is 17.7. The van der Waals surface area contributed by atoms with E-state index in [4.69, 9.17) is 9.47 Å². The van der Waals surface area contributed by atoms with Crippen molar-refractivity contribution in [2.24, 2.45) is 4.99 Å². The van der Waals surface area contributed by atoms with Crippen molar-refractivity contribution in [1.82, 2.24) is 15.6 Å². The van der Waals surface area contributed by atoms with Crippen LogP contribution in [0.25, 0.3) is 0 Å². The molecule has 0 saturated heterocycles. The normalized spacial score (nSPS) is 14.8. The SMILES string of the molecule is CCOCCCCNC(=NC)NCc1ccnc(OC2CCCC2)c1.I. The smallest absolute Gasteiger partial charge is 0.213 e. The van der Waals surface area contributed by atoms with Crippen molar-refractivity contribution in [3.8, 4) is 5.88 Å². The fraction of sp³-hybridized carbons (Fsp3) is 0.684. The molecule has 0 atom stereocenters. The van der Waals surface area contributed by atoms with Crippen molar-refractivity contribution in [2.45, 2.75) is 58.1 Å². The molecule has 148 valence electrons. The van der Waals surface area contributed by atoms with Crippen LogP contribution in [0.4, 0.5) is 0 Å². The summed E-state index contributed by atoms with van der Waals surface area (Å²) in [7, 11) is 1.79. The van der Waals surface area contributed by atoms with E-state index in [1.165, 1.54) is 12.8 Å². The number of nitrogens with one attached hydrogen (secondary N) is 2. The number of aromatic nitrogens is 1. The van der Waals surface area contributed by atoms with Gasteiger partial charge in [0.1, 0.15) is 6.10 Å². The van der Waals surface area contributed by atoms with Gasteiger partial charge in [0.2, 0.25) is 5.88 Å². The van der Waals surface area contributed by atoms with Crippen LogP contribution in [-0.4, -0.2) is 43.9 Å². The van der Waals surface area contributed by atoms with E-state index < -0.39 is 0 Å². The number of halogens is 1. The highest BCUT2D eigenvalue weighted by Crippen LogP contribution is 2.23. The number of ether oxygens (including phenoxy) is 2. The van der Waals surface area contributed by atoms with Crippen LogP contribution in [-0.2, 0) is 11.3 Å². The molecule has 0 radical (unpaired) electrons. The molecular formula is C19H33IN4O2. The lowest BCUT2D eigenvalue weighted by Gasteiger charge is -2.14. The number of guanidine groups is 1. The van der Waals surface area contributed by atoms with E-state index in [0.717, 1.165) is 62.8 Å². The van der Waals surface area contributed by atoms with Gasteiger partial charge < -0.3 is 20.1 Å². The molecular weight excluding hydrogens is 443 g/mol. The molecule has 0 amide bonds. The van der Waals surface area contributed by atoms with Gasteiger partial charge in [0, 0.05) is 45.6 Å². The molecule has 0 bridgehead atoms. The van der Waals surface area contributed by atoms with Crippen LogP contribution in [0, 0.1) is 0 Å². The van der Waals surface area contributed by atoms with E-state index in [2.05, 4.69) is 20.6 Å². The molecule has 6 nitrogen and oxygen atoms in total. The van der Waals surface area contributed by atoms with Crippen LogP contribution in [0.15, 0.2) is 23.3 Å². The maximum atomic E-state index is 5.96. The summed E-state index contributed by atoms with van der Waals surface area (Å²) in [5.41, 5.74) is 1.14. The Morgan fingerprint density at radius 2 is 2.08 bits per heavy atom. The van der Waals surface area contributed by atoms with Crippen molar-refractivity contribution in [1.29, 1.82) is 0 Å². The minimum Gasteiger partial charge on any atom is -0.474 e. The second kappa shape index (κ2) is 14.0. The molecule has 1 heterocycles. The van der Waals surface area contributed by atoms with Gasteiger partial charge in [-0.3, -0.25) is 4.99 Å². The molecule has 2 rings (SSSR count). The van der Waals surface area contributed by atoms with Crippen molar-refractivity contribution in [3.05, 3.63) is 23.9 Å². The van der Waals surface area contributed by atoms with Crippen LogP contribution in [0.3, 0.4) is 0 Å². The van der Waals surface area contributed by atoms with Crippen LogP contribution in [0.2, 0.25) is 0 Å². The molecule has 1 aromatic heterocycles. The molecule has 1 fully saturated rings. The first-order valence-electron chi connectivity index (χ1n) is 9.45. The third-order valence-corrected chi connectivity index (χ3v) is 4.28. The van der Waals surface area contributed by atoms with E-state index >= 15 is 0 Å². The van der Waals surface area contributed by atoms with Crippen LogP contribution >= 0.6 is 24.0 Å². The molecule has 1 saturated carbocycles. The molecule has 0 aromatic carbocycles. The van der Waals surface area contributed by atoms with Gasteiger partial charge in [0.15, 0.2) is 5.96 Å². The predicted octanol–water partition coefficient (Wildman–Crippen LogP) is 3.50. The monoisotopic (exact) mass is 476 g/mol. The predicted molar refractivity (Wildman–Crippen MR) is 116 cm³/mol. The van der Waals surface area contributed by atoms with Crippen molar-refractivity contribution in [3.63, 3.8) is 0 Å². The van der Waals surface area contributed by atoms with Gasteiger partial charge in [0.05, 0.1) is 0 Å². The second-order valence-corrected chi connectivity index (χ2v) is 6.28. The highest BCUT2D eigenvalue weighted by atomic mass is 127. The third kappa shape index (κ3) is 9.02. The Morgan fingerprint density at radius 1 is 1.27 bits per heavy atom. The van der Waals surface area contributed by atoms with Gasteiger partial charge in [-0.25, -0.2) is 4.98 Å². The number of unbranched alkanes of at least 4 members (excludes halogenated alkanes) is 1. The zero-order valence-corrected chi connectivity index (χ0v) is 18.3. The molecule has 0 unspecified atom stereocenters. The first-order chi connectivity index (χ1) is 12.3. The lowest BCUT2D eigenvalue weighted by Crippen LogP contribution is -2.37. The molecule has 26 heavy (non-hydrogen) atoms. The number of pyridine rings is 1. The average Bonchev–Trinajstić information content (AvgIpc) is 3.14. The number of aliphatic imine (C=N–C) groups is 1. The highest BCUT2D eigenvalue weighted by Gasteiger charge is 2.16. The summed E-state index contributed by atoms with van der Waals surface area (Å²) in [5, 5.41) is 6.66. The number of hydrogen-bond acceptors (Lipinski definition) is 4.